The summed E-state index contributed by atoms with van der Waals surface area (Å²) in [5.74, 6) is 0.336. The Labute approximate surface area is 166 Å². The summed E-state index contributed by atoms with van der Waals surface area (Å²) < 4.78 is 0. The van der Waals surface area contributed by atoms with Crippen LogP contribution in [0.3, 0.4) is 0 Å². The summed E-state index contributed by atoms with van der Waals surface area (Å²) in [7, 11) is 0. The van der Waals surface area contributed by atoms with Crippen molar-refractivity contribution in [3.63, 3.8) is 0 Å². The zero-order chi connectivity index (χ0) is 19.3. The maximum atomic E-state index is 12.6. The molecule has 0 bridgehead atoms. The molecule has 1 unspecified atom stereocenters. The average molecular weight is 376 g/mol. The molecule has 2 heterocycles. The number of amides is 1. The van der Waals surface area contributed by atoms with Crippen LogP contribution in [0, 0.1) is 5.92 Å². The van der Waals surface area contributed by atoms with Gasteiger partial charge in [-0.15, -0.1) is 0 Å². The normalized spacial score (nSPS) is 16.9. The Morgan fingerprint density at radius 1 is 1.11 bits per heavy atom. The summed E-state index contributed by atoms with van der Waals surface area (Å²) in [6.45, 7) is 5.11. The minimum absolute atomic E-state index is 0.0635. The minimum Gasteiger partial charge on any atom is -0.361 e. The van der Waals surface area contributed by atoms with Gasteiger partial charge in [-0.2, -0.15) is 0 Å². The number of likely N-dealkylation sites (tertiary alicyclic amines) is 1. The zero-order valence-electron chi connectivity index (χ0n) is 16.5. The summed E-state index contributed by atoms with van der Waals surface area (Å²) in [5, 5.41) is 4.52. The summed E-state index contributed by atoms with van der Waals surface area (Å²) >= 11 is 0. The molecule has 28 heavy (non-hydrogen) atoms. The van der Waals surface area contributed by atoms with Gasteiger partial charge in [-0.25, -0.2) is 0 Å². The van der Waals surface area contributed by atoms with E-state index in [1.807, 2.05) is 18.2 Å². The van der Waals surface area contributed by atoms with Crippen molar-refractivity contribution in [2.45, 2.75) is 32.2 Å². The lowest BCUT2D eigenvalue weighted by atomic mass is 9.95. The topological polar surface area (TPSA) is 48.1 Å². The highest BCUT2D eigenvalue weighted by Gasteiger charge is 2.25. The molecule has 146 valence electrons. The quantitative estimate of drug-likeness (QED) is 0.675. The predicted octanol–water partition coefficient (Wildman–Crippen LogP) is 4.30. The number of hydrogen-bond acceptors (Lipinski definition) is 2. The number of benzene rings is 2. The number of carbonyl (C=O) groups is 1. The molecule has 3 aromatic rings. The van der Waals surface area contributed by atoms with Crippen molar-refractivity contribution in [1.82, 2.24) is 15.2 Å². The predicted molar refractivity (Wildman–Crippen MR) is 114 cm³/mol. The molecule has 4 rings (SSSR count). The first kappa shape index (κ1) is 18.8. The molecule has 0 radical (unpaired) electrons. The van der Waals surface area contributed by atoms with Gasteiger partial charge in [0.25, 0.3) is 0 Å². The molecule has 0 saturated carbocycles. The number of aromatic nitrogens is 1. The Morgan fingerprint density at radius 3 is 2.61 bits per heavy atom. The van der Waals surface area contributed by atoms with Crippen LogP contribution >= 0.6 is 0 Å². The Bertz CT molecular complexity index is 910. The van der Waals surface area contributed by atoms with Gasteiger partial charge in [-0.3, -0.25) is 4.79 Å². The number of nitrogens with zero attached hydrogens (tertiary/aromatic N) is 1. The Balaban J connectivity index is 1.24. The van der Waals surface area contributed by atoms with Crippen molar-refractivity contribution in [3.8, 4) is 0 Å². The number of hydrogen-bond donors (Lipinski definition) is 2. The van der Waals surface area contributed by atoms with Crippen molar-refractivity contribution in [3.05, 3.63) is 71.9 Å². The van der Waals surface area contributed by atoms with Crippen LogP contribution in [-0.4, -0.2) is 35.4 Å². The second kappa shape index (κ2) is 8.61. The lowest BCUT2D eigenvalue weighted by molar-refractivity contribution is -0.127. The molecule has 4 heteroatoms. The van der Waals surface area contributed by atoms with E-state index in [2.05, 4.69) is 64.7 Å². The van der Waals surface area contributed by atoms with Crippen molar-refractivity contribution in [2.75, 3.05) is 19.6 Å². The van der Waals surface area contributed by atoms with Crippen LogP contribution in [0.25, 0.3) is 10.9 Å². The maximum Gasteiger partial charge on any atom is 0.223 e. The molecule has 2 aromatic carbocycles. The van der Waals surface area contributed by atoms with Gasteiger partial charge in [0.2, 0.25) is 5.91 Å². The average Bonchev–Trinajstić information content (AvgIpc) is 3.16. The van der Waals surface area contributed by atoms with Crippen molar-refractivity contribution in [1.29, 1.82) is 0 Å². The Kier molecular flexibility index (Phi) is 5.77. The number of rotatable bonds is 6. The minimum atomic E-state index is 0.0635. The second-order valence-electron chi connectivity index (χ2n) is 7.87. The van der Waals surface area contributed by atoms with E-state index in [-0.39, 0.29) is 17.9 Å². The summed E-state index contributed by atoms with van der Waals surface area (Å²) in [6, 6.07) is 18.7. The number of carbonyl (C=O) groups excluding carboxylic acids is 1. The molecular formula is C24H29N3O. The molecule has 2 N–H and O–H groups in total. The number of nitrogens with one attached hydrogen (secondary N) is 2. The van der Waals surface area contributed by atoms with E-state index in [1.54, 1.807) is 0 Å². The largest absolute Gasteiger partial charge is 0.361 e. The molecule has 4 nitrogen and oxygen atoms in total. The number of aromatic amines is 1. The van der Waals surface area contributed by atoms with Gasteiger partial charge in [-0.1, -0.05) is 48.5 Å². The molecule has 0 spiro atoms. The van der Waals surface area contributed by atoms with Crippen LogP contribution in [0.4, 0.5) is 0 Å². The van der Waals surface area contributed by atoms with Crippen LogP contribution in [-0.2, 0) is 11.2 Å². The highest BCUT2D eigenvalue weighted by atomic mass is 16.1. The summed E-state index contributed by atoms with van der Waals surface area (Å²) in [4.78, 5) is 18.5. The van der Waals surface area contributed by atoms with Gasteiger partial charge < -0.3 is 15.2 Å². The lowest BCUT2D eigenvalue weighted by Gasteiger charge is -2.31. The third-order valence-corrected chi connectivity index (χ3v) is 5.99. The smallest absolute Gasteiger partial charge is 0.223 e. The van der Waals surface area contributed by atoms with E-state index in [0.717, 1.165) is 44.5 Å². The van der Waals surface area contributed by atoms with Crippen molar-refractivity contribution in [2.24, 2.45) is 5.92 Å². The van der Waals surface area contributed by atoms with E-state index in [9.17, 15) is 4.79 Å². The number of fused-ring (bicyclic) bond motifs is 1. The highest BCUT2D eigenvalue weighted by Crippen LogP contribution is 2.22. The van der Waals surface area contributed by atoms with Gasteiger partial charge in [0.05, 0.1) is 6.04 Å². The molecule has 1 fully saturated rings. The molecule has 1 aliphatic heterocycles. The van der Waals surface area contributed by atoms with Crippen LogP contribution in [0.5, 0.6) is 0 Å². The molecule has 1 atom stereocenters. The number of piperidine rings is 1. The van der Waals surface area contributed by atoms with E-state index in [1.165, 1.54) is 16.5 Å². The lowest BCUT2D eigenvalue weighted by Crippen LogP contribution is -2.41. The van der Waals surface area contributed by atoms with Gasteiger partial charge in [0.1, 0.15) is 0 Å². The van der Waals surface area contributed by atoms with Crippen molar-refractivity contribution < 1.29 is 4.79 Å². The Morgan fingerprint density at radius 2 is 1.82 bits per heavy atom. The Hall–Kier alpha value is -2.59. The summed E-state index contributed by atoms with van der Waals surface area (Å²) in [6.07, 6.45) is 5.07. The fourth-order valence-corrected chi connectivity index (χ4v) is 4.19. The third-order valence-electron chi connectivity index (χ3n) is 5.99. The first-order valence-electron chi connectivity index (χ1n) is 10.3. The van der Waals surface area contributed by atoms with Gasteiger partial charge in [0, 0.05) is 29.6 Å². The number of para-hydroxylation sites is 1. The van der Waals surface area contributed by atoms with E-state index in [4.69, 9.17) is 0 Å². The van der Waals surface area contributed by atoms with Crippen LogP contribution in [0.15, 0.2) is 60.8 Å². The maximum absolute atomic E-state index is 12.6. The van der Waals surface area contributed by atoms with Gasteiger partial charge >= 0.3 is 0 Å². The van der Waals surface area contributed by atoms with Crippen LogP contribution in [0.2, 0.25) is 0 Å². The molecule has 1 aromatic heterocycles. The third kappa shape index (κ3) is 4.28. The first-order chi connectivity index (χ1) is 13.7. The zero-order valence-corrected chi connectivity index (χ0v) is 16.5. The van der Waals surface area contributed by atoms with Gasteiger partial charge in [0.15, 0.2) is 0 Å². The molecular weight excluding hydrogens is 346 g/mol. The van der Waals surface area contributed by atoms with E-state index in [0.29, 0.717) is 0 Å². The fraction of sp³-hybridized carbons (Fsp3) is 0.375. The van der Waals surface area contributed by atoms with E-state index >= 15 is 0 Å². The van der Waals surface area contributed by atoms with E-state index < -0.39 is 0 Å². The second-order valence-corrected chi connectivity index (χ2v) is 7.87. The summed E-state index contributed by atoms with van der Waals surface area (Å²) in [5.41, 5.74) is 3.75. The first-order valence-corrected chi connectivity index (χ1v) is 10.3. The molecule has 0 aliphatic carbocycles. The van der Waals surface area contributed by atoms with Crippen molar-refractivity contribution >= 4 is 16.8 Å². The van der Waals surface area contributed by atoms with Gasteiger partial charge in [-0.05, 0) is 56.5 Å². The van der Waals surface area contributed by atoms with Crippen LogP contribution in [0.1, 0.15) is 36.9 Å². The SMILES string of the molecule is CC(NC(=O)C1CCN(CCc2c[nH]c3ccccc23)CC1)c1ccccc1. The molecule has 1 saturated heterocycles. The highest BCUT2D eigenvalue weighted by molar-refractivity contribution is 5.83. The number of H-pyrrole nitrogens is 1. The monoisotopic (exact) mass is 375 g/mol. The standard InChI is InChI=1S/C24H29N3O/c1-18(19-7-3-2-4-8-19)26-24(28)20-11-14-27(15-12-20)16-13-21-17-25-23-10-6-5-9-22(21)23/h2-10,17-18,20,25H,11-16H2,1H3,(H,26,28). The molecule has 1 amide bonds. The molecule has 1 aliphatic rings. The van der Waals surface area contributed by atoms with Crippen LogP contribution < -0.4 is 5.32 Å². The fourth-order valence-electron chi connectivity index (χ4n) is 4.19.